The van der Waals surface area contributed by atoms with Crippen LogP contribution in [0.3, 0.4) is 0 Å². The molecule has 0 aliphatic rings. The van der Waals surface area contributed by atoms with E-state index in [1.54, 1.807) is 0 Å². The van der Waals surface area contributed by atoms with Crippen LogP contribution in [0.15, 0.2) is 176 Å². The highest BCUT2D eigenvalue weighted by molar-refractivity contribution is 6.19. The van der Waals surface area contributed by atoms with Crippen molar-refractivity contribution in [3.63, 3.8) is 0 Å². The standard InChI is InChI=1S/C51H32/c1-35-32-38(50-46-24-12-8-20-40(46)44(41-21-9-13-25-47(41)50)30-28-36-16-4-2-5-17-36)34-39(33-35)51-48-26-14-10-22-42(48)45(43-23-11-15-27-49(43)51)31-29-37-18-6-3-7-19-37/h2-27,32-34H,1H3. The van der Waals surface area contributed by atoms with Crippen LogP contribution < -0.4 is 0 Å². The maximum Gasteiger partial charge on any atom is 0.0406 e. The Morgan fingerprint density at radius 1 is 0.294 bits per heavy atom. The van der Waals surface area contributed by atoms with Crippen molar-refractivity contribution in [2.75, 3.05) is 0 Å². The van der Waals surface area contributed by atoms with Crippen LogP contribution in [0.5, 0.6) is 0 Å². The summed E-state index contributed by atoms with van der Waals surface area (Å²) in [6, 6.07) is 62.4. The molecule has 51 heavy (non-hydrogen) atoms. The molecule has 0 heteroatoms. The number of fused-ring (bicyclic) bond motifs is 4. The molecule has 0 heterocycles. The Morgan fingerprint density at radius 2 is 0.588 bits per heavy atom. The summed E-state index contributed by atoms with van der Waals surface area (Å²) in [5.41, 5.74) is 10.2. The molecule has 0 nitrogen and oxygen atoms in total. The van der Waals surface area contributed by atoms with Crippen molar-refractivity contribution >= 4 is 43.1 Å². The monoisotopic (exact) mass is 644 g/mol. The highest BCUT2D eigenvalue weighted by Crippen LogP contribution is 2.44. The lowest BCUT2D eigenvalue weighted by molar-refractivity contribution is 1.47. The second-order valence-corrected chi connectivity index (χ2v) is 13.0. The van der Waals surface area contributed by atoms with Crippen LogP contribution in [-0.2, 0) is 0 Å². The lowest BCUT2D eigenvalue weighted by atomic mass is 9.84. The summed E-state index contributed by atoms with van der Waals surface area (Å²) >= 11 is 0. The molecule has 9 aromatic carbocycles. The van der Waals surface area contributed by atoms with Crippen LogP contribution >= 0.6 is 0 Å². The fraction of sp³-hybridized carbons (Fsp3) is 0.0196. The average Bonchev–Trinajstić information content (AvgIpc) is 3.18. The van der Waals surface area contributed by atoms with Gasteiger partial charge in [0.2, 0.25) is 0 Å². The molecule has 9 aromatic rings. The van der Waals surface area contributed by atoms with Crippen LogP contribution in [0, 0.1) is 30.6 Å². The number of hydrogen-bond donors (Lipinski definition) is 0. The molecule has 0 fully saturated rings. The van der Waals surface area contributed by atoms with Crippen molar-refractivity contribution in [1.29, 1.82) is 0 Å². The van der Waals surface area contributed by atoms with Crippen LogP contribution in [-0.4, -0.2) is 0 Å². The van der Waals surface area contributed by atoms with E-state index < -0.39 is 0 Å². The third-order valence-electron chi connectivity index (χ3n) is 9.73. The zero-order valence-electron chi connectivity index (χ0n) is 28.2. The summed E-state index contributed by atoms with van der Waals surface area (Å²) in [6.45, 7) is 2.21. The maximum atomic E-state index is 3.58. The predicted molar refractivity (Wildman–Crippen MR) is 217 cm³/mol. The molecular weight excluding hydrogens is 613 g/mol. The van der Waals surface area contributed by atoms with Gasteiger partial charge in [0.15, 0.2) is 0 Å². The Balaban J connectivity index is 1.31. The molecule has 0 atom stereocenters. The summed E-state index contributed by atoms with van der Waals surface area (Å²) in [5.74, 6) is 14.0. The number of rotatable bonds is 2. The molecule has 0 aromatic heterocycles. The fourth-order valence-corrected chi connectivity index (χ4v) is 7.53. The number of aryl methyl sites for hydroxylation is 1. The highest BCUT2D eigenvalue weighted by Gasteiger charge is 2.18. The molecule has 0 aliphatic heterocycles. The van der Waals surface area contributed by atoms with Gasteiger partial charge in [-0.25, -0.2) is 0 Å². The molecule has 0 unspecified atom stereocenters. The van der Waals surface area contributed by atoms with Gasteiger partial charge in [0, 0.05) is 22.3 Å². The average molecular weight is 645 g/mol. The van der Waals surface area contributed by atoms with Crippen molar-refractivity contribution in [2.45, 2.75) is 6.92 Å². The Hall–Kier alpha value is -6.86. The smallest absolute Gasteiger partial charge is 0.0406 e. The van der Waals surface area contributed by atoms with Crippen molar-refractivity contribution in [3.8, 4) is 45.9 Å². The lowest BCUT2D eigenvalue weighted by Crippen LogP contribution is -1.94. The number of benzene rings is 9. The van der Waals surface area contributed by atoms with Gasteiger partial charge in [-0.3, -0.25) is 0 Å². The topological polar surface area (TPSA) is 0 Å². The summed E-state index contributed by atoms with van der Waals surface area (Å²) in [5, 5.41) is 9.45. The van der Waals surface area contributed by atoms with Crippen LogP contribution in [0.4, 0.5) is 0 Å². The summed E-state index contributed by atoms with van der Waals surface area (Å²) in [4.78, 5) is 0. The fourth-order valence-electron chi connectivity index (χ4n) is 7.53. The quantitative estimate of drug-likeness (QED) is 0.130. The predicted octanol–water partition coefficient (Wildman–Crippen LogP) is 12.7. The first kappa shape index (κ1) is 30.2. The highest BCUT2D eigenvalue weighted by atomic mass is 14.2. The van der Waals surface area contributed by atoms with Gasteiger partial charge in [0.05, 0.1) is 0 Å². The minimum atomic E-state index is 1.01. The molecule has 0 saturated carbocycles. The van der Waals surface area contributed by atoms with Gasteiger partial charge in [-0.1, -0.05) is 169 Å². The van der Waals surface area contributed by atoms with E-state index >= 15 is 0 Å². The molecule has 9 rings (SSSR count). The van der Waals surface area contributed by atoms with E-state index in [0.29, 0.717) is 0 Å². The van der Waals surface area contributed by atoms with E-state index in [-0.39, 0.29) is 0 Å². The zero-order chi connectivity index (χ0) is 34.1. The second-order valence-electron chi connectivity index (χ2n) is 13.0. The molecule has 0 amide bonds. The summed E-state index contributed by atoms with van der Waals surface area (Å²) in [6.07, 6.45) is 0. The zero-order valence-corrected chi connectivity index (χ0v) is 28.2. The van der Waals surface area contributed by atoms with Gasteiger partial charge in [-0.15, -0.1) is 0 Å². The van der Waals surface area contributed by atoms with Crippen LogP contribution in [0.2, 0.25) is 0 Å². The van der Waals surface area contributed by atoms with Gasteiger partial charge < -0.3 is 0 Å². The Labute approximate surface area is 298 Å². The van der Waals surface area contributed by atoms with E-state index in [1.807, 2.05) is 36.4 Å². The van der Waals surface area contributed by atoms with E-state index in [1.165, 1.54) is 49.4 Å². The molecule has 0 radical (unpaired) electrons. The lowest BCUT2D eigenvalue weighted by Gasteiger charge is -2.18. The minimum Gasteiger partial charge on any atom is -0.0622 e. The van der Waals surface area contributed by atoms with Gasteiger partial charge in [-0.2, -0.15) is 0 Å². The second kappa shape index (κ2) is 12.9. The van der Waals surface area contributed by atoms with Crippen molar-refractivity contribution < 1.29 is 0 Å². The third kappa shape index (κ3) is 5.51. The van der Waals surface area contributed by atoms with E-state index in [9.17, 15) is 0 Å². The van der Waals surface area contributed by atoms with Gasteiger partial charge >= 0.3 is 0 Å². The van der Waals surface area contributed by atoms with Crippen LogP contribution in [0.1, 0.15) is 27.8 Å². The summed E-state index contributed by atoms with van der Waals surface area (Å²) in [7, 11) is 0. The van der Waals surface area contributed by atoms with Gasteiger partial charge in [0.25, 0.3) is 0 Å². The van der Waals surface area contributed by atoms with Crippen molar-refractivity contribution in [1.82, 2.24) is 0 Å². The first-order valence-corrected chi connectivity index (χ1v) is 17.4. The molecule has 0 N–H and O–H groups in total. The molecular formula is C51H32. The first-order chi connectivity index (χ1) is 25.2. The summed E-state index contributed by atoms with van der Waals surface area (Å²) < 4.78 is 0. The molecule has 0 bridgehead atoms. The molecule has 0 saturated heterocycles. The Morgan fingerprint density at radius 3 is 0.922 bits per heavy atom. The van der Waals surface area contributed by atoms with E-state index in [0.717, 1.165) is 43.8 Å². The first-order valence-electron chi connectivity index (χ1n) is 17.4. The van der Waals surface area contributed by atoms with Crippen molar-refractivity contribution in [2.24, 2.45) is 0 Å². The third-order valence-corrected chi connectivity index (χ3v) is 9.73. The van der Waals surface area contributed by atoms with Crippen molar-refractivity contribution in [3.05, 3.63) is 204 Å². The SMILES string of the molecule is Cc1cc(-c2c3ccccc3c(C#Cc3ccccc3)c3ccccc23)cc(-c2c3ccccc3c(C#Cc3ccccc3)c3ccccc23)c1. The largest absolute Gasteiger partial charge is 0.0622 e. The molecule has 236 valence electrons. The van der Waals surface area contributed by atoms with E-state index in [4.69, 9.17) is 0 Å². The minimum absolute atomic E-state index is 1.01. The van der Waals surface area contributed by atoms with Crippen LogP contribution in [0.25, 0.3) is 65.3 Å². The van der Waals surface area contributed by atoms with Gasteiger partial charge in [0.1, 0.15) is 0 Å². The normalized spacial score (nSPS) is 10.9. The maximum absolute atomic E-state index is 3.58. The number of hydrogen-bond acceptors (Lipinski definition) is 0. The Kier molecular flexibility index (Phi) is 7.63. The van der Waals surface area contributed by atoms with E-state index in [2.05, 4.69) is 170 Å². The molecule has 0 aliphatic carbocycles. The molecule has 0 spiro atoms. The Bertz CT molecular complexity index is 2590. The van der Waals surface area contributed by atoms with Gasteiger partial charge in [-0.05, 0) is 108 Å².